The quantitative estimate of drug-likeness (QED) is 0.617. The van der Waals surface area contributed by atoms with E-state index in [0.29, 0.717) is 13.0 Å². The predicted molar refractivity (Wildman–Crippen MR) is 50.0 cm³/mol. The summed E-state index contributed by atoms with van der Waals surface area (Å²) in [5.41, 5.74) is 0.965. The van der Waals surface area contributed by atoms with Crippen LogP contribution in [0.15, 0.2) is 12.2 Å². The summed E-state index contributed by atoms with van der Waals surface area (Å²) in [6.07, 6.45) is 0.392. The summed E-state index contributed by atoms with van der Waals surface area (Å²) >= 11 is 0. The van der Waals surface area contributed by atoms with Gasteiger partial charge in [-0.05, 0) is 26.3 Å². The van der Waals surface area contributed by atoms with Gasteiger partial charge < -0.3 is 0 Å². The number of hydrogen-bond donors (Lipinski definition) is 0. The molecule has 1 aliphatic rings. The molecule has 1 saturated heterocycles. The van der Waals surface area contributed by atoms with Gasteiger partial charge in [-0.2, -0.15) is 0 Å². The third kappa shape index (κ3) is 3.07. The van der Waals surface area contributed by atoms with Crippen molar-refractivity contribution in [3.63, 3.8) is 0 Å². The first kappa shape index (κ1) is 10.6. The van der Waals surface area contributed by atoms with Crippen molar-refractivity contribution in [3.8, 4) is 0 Å². The lowest BCUT2D eigenvalue weighted by Gasteiger charge is -2.35. The number of nitrogens with zero attached hydrogens (tertiary/aromatic N) is 1. The lowest BCUT2D eigenvalue weighted by Crippen LogP contribution is -2.44. The zero-order valence-corrected chi connectivity index (χ0v) is 8.10. The molecule has 0 radical (unpaired) electrons. The molecule has 3 heteroatoms. The molecule has 1 aliphatic heterocycles. The Morgan fingerprint density at radius 2 is 2.23 bits per heavy atom. The predicted octanol–water partition coefficient (Wildman–Crippen LogP) is 2.68. The summed E-state index contributed by atoms with van der Waals surface area (Å²) in [7, 11) is 0. The fraction of sp³-hybridized carbons (Fsp3) is 0.800. The SMILES string of the molecule is C=C(C)CN1CCCCC1C(F)F. The Morgan fingerprint density at radius 3 is 2.77 bits per heavy atom. The molecule has 1 heterocycles. The van der Waals surface area contributed by atoms with Crippen LogP contribution in [0, 0.1) is 0 Å². The van der Waals surface area contributed by atoms with Gasteiger partial charge in [-0.15, -0.1) is 0 Å². The molecule has 0 bridgehead atoms. The molecule has 0 aromatic carbocycles. The first-order valence-electron chi connectivity index (χ1n) is 4.78. The fourth-order valence-corrected chi connectivity index (χ4v) is 1.85. The first-order valence-corrected chi connectivity index (χ1v) is 4.78. The molecular formula is C10H17F2N. The van der Waals surface area contributed by atoms with Crippen LogP contribution < -0.4 is 0 Å². The minimum Gasteiger partial charge on any atom is -0.291 e. The maximum atomic E-state index is 12.5. The highest BCUT2D eigenvalue weighted by atomic mass is 19.3. The van der Waals surface area contributed by atoms with Crippen LogP contribution >= 0.6 is 0 Å². The number of piperidine rings is 1. The summed E-state index contributed by atoms with van der Waals surface area (Å²) < 4.78 is 25.1. The van der Waals surface area contributed by atoms with Crippen LogP contribution in [-0.4, -0.2) is 30.5 Å². The van der Waals surface area contributed by atoms with Gasteiger partial charge in [0.2, 0.25) is 0 Å². The van der Waals surface area contributed by atoms with Gasteiger partial charge in [0.25, 0.3) is 6.43 Å². The molecule has 1 atom stereocenters. The van der Waals surface area contributed by atoms with Gasteiger partial charge in [-0.3, -0.25) is 4.90 Å². The van der Waals surface area contributed by atoms with Crippen molar-refractivity contribution in [2.45, 2.75) is 38.7 Å². The molecule has 1 nitrogen and oxygen atoms in total. The highest BCUT2D eigenvalue weighted by Gasteiger charge is 2.29. The average Bonchev–Trinajstić information content (AvgIpc) is 2.03. The minimum atomic E-state index is -2.21. The van der Waals surface area contributed by atoms with E-state index >= 15 is 0 Å². The van der Waals surface area contributed by atoms with Crippen molar-refractivity contribution in [1.82, 2.24) is 4.90 Å². The smallest absolute Gasteiger partial charge is 0.253 e. The van der Waals surface area contributed by atoms with Crippen molar-refractivity contribution in [1.29, 1.82) is 0 Å². The van der Waals surface area contributed by atoms with E-state index in [1.807, 2.05) is 11.8 Å². The number of rotatable bonds is 3. The van der Waals surface area contributed by atoms with Crippen molar-refractivity contribution in [2.75, 3.05) is 13.1 Å². The first-order chi connectivity index (χ1) is 6.11. The van der Waals surface area contributed by atoms with E-state index in [-0.39, 0.29) is 0 Å². The van der Waals surface area contributed by atoms with Crippen molar-refractivity contribution >= 4 is 0 Å². The lowest BCUT2D eigenvalue weighted by molar-refractivity contribution is 0.00920. The largest absolute Gasteiger partial charge is 0.291 e. The van der Waals surface area contributed by atoms with E-state index in [0.717, 1.165) is 25.0 Å². The van der Waals surface area contributed by atoms with Gasteiger partial charge >= 0.3 is 0 Å². The van der Waals surface area contributed by atoms with E-state index < -0.39 is 12.5 Å². The second kappa shape index (κ2) is 4.70. The second-order valence-corrected chi connectivity index (χ2v) is 3.83. The van der Waals surface area contributed by atoms with Crippen LogP contribution in [0.25, 0.3) is 0 Å². The van der Waals surface area contributed by atoms with E-state index in [1.54, 1.807) is 0 Å². The maximum absolute atomic E-state index is 12.5. The van der Waals surface area contributed by atoms with Gasteiger partial charge in [0, 0.05) is 6.54 Å². The van der Waals surface area contributed by atoms with E-state index in [4.69, 9.17) is 0 Å². The number of halogens is 2. The molecule has 1 rings (SSSR count). The Kier molecular flexibility index (Phi) is 3.85. The van der Waals surface area contributed by atoms with Gasteiger partial charge in [-0.25, -0.2) is 8.78 Å². The molecule has 0 aliphatic carbocycles. The molecule has 76 valence electrons. The zero-order valence-electron chi connectivity index (χ0n) is 8.10. The lowest BCUT2D eigenvalue weighted by atomic mass is 10.0. The highest BCUT2D eigenvalue weighted by Crippen LogP contribution is 2.22. The van der Waals surface area contributed by atoms with Crippen LogP contribution in [0.4, 0.5) is 8.78 Å². The number of alkyl halides is 2. The maximum Gasteiger partial charge on any atom is 0.253 e. The Hall–Kier alpha value is -0.440. The summed E-state index contributed by atoms with van der Waals surface area (Å²) in [6.45, 7) is 7.06. The standard InChI is InChI=1S/C10H17F2N/c1-8(2)7-13-6-4-3-5-9(13)10(11)12/h9-10H,1,3-7H2,2H3. The molecule has 13 heavy (non-hydrogen) atoms. The zero-order chi connectivity index (χ0) is 9.84. The Balaban J connectivity index is 2.51. The van der Waals surface area contributed by atoms with Crippen molar-refractivity contribution in [2.24, 2.45) is 0 Å². The molecule has 1 fully saturated rings. The Labute approximate surface area is 78.4 Å². The number of hydrogen-bond acceptors (Lipinski definition) is 1. The Bertz CT molecular complexity index is 180. The summed E-state index contributed by atoms with van der Waals surface area (Å²) in [5, 5.41) is 0. The molecule has 0 aromatic rings. The highest BCUT2D eigenvalue weighted by molar-refractivity contribution is 4.94. The molecular weight excluding hydrogens is 172 g/mol. The van der Waals surface area contributed by atoms with Gasteiger partial charge in [0.05, 0.1) is 6.04 Å². The molecule has 0 aromatic heterocycles. The molecule has 0 N–H and O–H groups in total. The third-order valence-electron chi connectivity index (χ3n) is 2.43. The van der Waals surface area contributed by atoms with Crippen molar-refractivity contribution < 1.29 is 8.78 Å². The second-order valence-electron chi connectivity index (χ2n) is 3.83. The normalized spacial score (nSPS) is 25.1. The molecule has 0 spiro atoms. The van der Waals surface area contributed by atoms with Gasteiger partial charge in [0.15, 0.2) is 0 Å². The van der Waals surface area contributed by atoms with E-state index in [2.05, 4.69) is 6.58 Å². The topological polar surface area (TPSA) is 3.24 Å². The summed E-state index contributed by atoms with van der Waals surface area (Å²) in [6, 6.07) is -0.537. The molecule has 0 amide bonds. The Morgan fingerprint density at radius 1 is 1.54 bits per heavy atom. The van der Waals surface area contributed by atoms with Crippen LogP contribution in [0.5, 0.6) is 0 Å². The number of likely N-dealkylation sites (tertiary alicyclic amines) is 1. The minimum absolute atomic E-state index is 0.537. The van der Waals surface area contributed by atoms with Crippen LogP contribution in [0.1, 0.15) is 26.2 Å². The van der Waals surface area contributed by atoms with Crippen LogP contribution in [0.3, 0.4) is 0 Å². The van der Waals surface area contributed by atoms with E-state index in [9.17, 15) is 8.78 Å². The average molecular weight is 189 g/mol. The van der Waals surface area contributed by atoms with E-state index in [1.165, 1.54) is 0 Å². The van der Waals surface area contributed by atoms with Gasteiger partial charge in [-0.1, -0.05) is 18.6 Å². The fourth-order valence-electron chi connectivity index (χ4n) is 1.85. The monoisotopic (exact) mass is 189 g/mol. The third-order valence-corrected chi connectivity index (χ3v) is 2.43. The summed E-state index contributed by atoms with van der Waals surface area (Å²) in [4.78, 5) is 1.86. The van der Waals surface area contributed by atoms with Crippen LogP contribution in [0.2, 0.25) is 0 Å². The van der Waals surface area contributed by atoms with Crippen LogP contribution in [-0.2, 0) is 0 Å². The summed E-state index contributed by atoms with van der Waals surface area (Å²) in [5.74, 6) is 0. The van der Waals surface area contributed by atoms with Gasteiger partial charge in [0.1, 0.15) is 0 Å². The molecule has 1 unspecified atom stereocenters. The van der Waals surface area contributed by atoms with Crippen molar-refractivity contribution in [3.05, 3.63) is 12.2 Å². The molecule has 0 saturated carbocycles.